The summed E-state index contributed by atoms with van der Waals surface area (Å²) in [6, 6.07) is 8.28. The van der Waals surface area contributed by atoms with E-state index in [0.29, 0.717) is 31.4 Å². The normalized spacial score (nSPS) is 23.9. The van der Waals surface area contributed by atoms with E-state index in [-0.39, 0.29) is 11.9 Å². The van der Waals surface area contributed by atoms with Crippen LogP contribution in [0.5, 0.6) is 0 Å². The number of hydrogen-bond acceptors (Lipinski definition) is 3. The topological polar surface area (TPSA) is 38.8 Å². The van der Waals surface area contributed by atoms with Gasteiger partial charge in [0.1, 0.15) is 0 Å². The van der Waals surface area contributed by atoms with Crippen LogP contribution in [0.2, 0.25) is 0 Å². The first-order chi connectivity index (χ1) is 10.7. The lowest BCUT2D eigenvalue weighted by Crippen LogP contribution is -2.46. The van der Waals surface area contributed by atoms with Crippen LogP contribution in [0, 0.1) is 0 Å². The molecule has 1 aromatic carbocycles. The van der Waals surface area contributed by atoms with Crippen LogP contribution in [0.1, 0.15) is 23.6 Å². The Morgan fingerprint density at radius 3 is 2.91 bits per heavy atom. The highest BCUT2D eigenvalue weighted by Gasteiger charge is 2.35. The minimum absolute atomic E-state index is 0.0322. The van der Waals surface area contributed by atoms with E-state index in [9.17, 15) is 4.79 Å². The standard InChI is InChI=1S/C17H20ClNO3/c1-12(18)10-19(17(20)16-11-21-8-9-22-16)15-7-6-13-4-2-3-5-14(13)15/h2-5,15-16H,1,6-11H2. The lowest BCUT2D eigenvalue weighted by Gasteiger charge is -2.33. The van der Waals surface area contributed by atoms with Gasteiger partial charge in [0.25, 0.3) is 5.91 Å². The number of ether oxygens (including phenoxy) is 2. The highest BCUT2D eigenvalue weighted by atomic mass is 35.5. The first-order valence-corrected chi connectivity index (χ1v) is 7.95. The van der Waals surface area contributed by atoms with Crippen LogP contribution in [0.15, 0.2) is 35.9 Å². The van der Waals surface area contributed by atoms with Crippen molar-refractivity contribution in [3.63, 3.8) is 0 Å². The molecule has 1 aromatic rings. The number of rotatable bonds is 4. The fourth-order valence-electron chi connectivity index (χ4n) is 3.20. The Morgan fingerprint density at radius 2 is 2.18 bits per heavy atom. The second-order valence-corrected chi connectivity index (χ2v) is 6.21. The van der Waals surface area contributed by atoms with Crippen molar-refractivity contribution in [2.45, 2.75) is 25.0 Å². The fourth-order valence-corrected chi connectivity index (χ4v) is 3.33. The van der Waals surface area contributed by atoms with Gasteiger partial charge < -0.3 is 14.4 Å². The van der Waals surface area contributed by atoms with Crippen molar-refractivity contribution < 1.29 is 14.3 Å². The number of fused-ring (bicyclic) bond motifs is 1. The molecular weight excluding hydrogens is 302 g/mol. The van der Waals surface area contributed by atoms with Gasteiger partial charge >= 0.3 is 0 Å². The smallest absolute Gasteiger partial charge is 0.254 e. The van der Waals surface area contributed by atoms with Crippen LogP contribution >= 0.6 is 11.6 Å². The van der Waals surface area contributed by atoms with Gasteiger partial charge in [-0.3, -0.25) is 4.79 Å². The molecule has 22 heavy (non-hydrogen) atoms. The summed E-state index contributed by atoms with van der Waals surface area (Å²) in [5.74, 6) is -0.0665. The van der Waals surface area contributed by atoms with Crippen molar-refractivity contribution >= 4 is 17.5 Å². The van der Waals surface area contributed by atoms with E-state index in [2.05, 4.69) is 18.7 Å². The number of amides is 1. The minimum atomic E-state index is -0.544. The van der Waals surface area contributed by atoms with Crippen LogP contribution in [-0.4, -0.2) is 43.3 Å². The third kappa shape index (κ3) is 3.19. The third-order valence-electron chi connectivity index (χ3n) is 4.19. The van der Waals surface area contributed by atoms with Gasteiger partial charge in [0, 0.05) is 5.03 Å². The summed E-state index contributed by atoms with van der Waals surface area (Å²) < 4.78 is 10.9. The number of halogens is 1. The summed E-state index contributed by atoms with van der Waals surface area (Å²) in [4.78, 5) is 14.6. The van der Waals surface area contributed by atoms with E-state index in [1.165, 1.54) is 11.1 Å². The minimum Gasteiger partial charge on any atom is -0.376 e. The van der Waals surface area contributed by atoms with Gasteiger partial charge in [-0.25, -0.2) is 0 Å². The van der Waals surface area contributed by atoms with Gasteiger partial charge in [-0.1, -0.05) is 42.4 Å². The molecule has 1 aliphatic heterocycles. The summed E-state index contributed by atoms with van der Waals surface area (Å²) in [5.41, 5.74) is 2.50. The maximum atomic E-state index is 12.9. The second kappa shape index (κ2) is 6.82. The van der Waals surface area contributed by atoms with Gasteiger partial charge in [-0.15, -0.1) is 0 Å². The Hall–Kier alpha value is -1.36. The number of benzene rings is 1. The van der Waals surface area contributed by atoms with E-state index in [1.807, 2.05) is 12.1 Å². The second-order valence-electron chi connectivity index (χ2n) is 5.67. The van der Waals surface area contributed by atoms with Crippen LogP contribution in [-0.2, 0) is 20.7 Å². The average Bonchev–Trinajstić information content (AvgIpc) is 2.96. The zero-order valence-corrected chi connectivity index (χ0v) is 13.2. The molecule has 1 saturated heterocycles. The van der Waals surface area contributed by atoms with Gasteiger partial charge in [0.15, 0.2) is 6.10 Å². The summed E-state index contributed by atoms with van der Waals surface area (Å²) in [5, 5.41) is 0.453. The SMILES string of the molecule is C=C(Cl)CN(C(=O)C1COCCO1)C1CCc2ccccc21. The molecule has 118 valence electrons. The van der Waals surface area contributed by atoms with Crippen molar-refractivity contribution in [1.29, 1.82) is 0 Å². The Bertz CT molecular complexity index is 569. The van der Waals surface area contributed by atoms with Gasteiger partial charge in [-0.05, 0) is 24.0 Å². The van der Waals surface area contributed by atoms with Crippen molar-refractivity contribution in [1.82, 2.24) is 4.90 Å². The number of nitrogens with zero attached hydrogens (tertiary/aromatic N) is 1. The summed E-state index contributed by atoms with van der Waals surface area (Å²) in [6.45, 7) is 5.38. The van der Waals surface area contributed by atoms with Gasteiger partial charge in [0.2, 0.25) is 0 Å². The molecular formula is C17H20ClNO3. The quantitative estimate of drug-likeness (QED) is 0.856. The lowest BCUT2D eigenvalue weighted by atomic mass is 10.1. The first-order valence-electron chi connectivity index (χ1n) is 7.57. The molecule has 1 amide bonds. The van der Waals surface area contributed by atoms with Crippen LogP contribution in [0.25, 0.3) is 0 Å². The molecule has 1 aliphatic carbocycles. The van der Waals surface area contributed by atoms with Gasteiger partial charge in [-0.2, -0.15) is 0 Å². The molecule has 2 unspecified atom stereocenters. The number of aryl methyl sites for hydroxylation is 1. The molecule has 4 nitrogen and oxygen atoms in total. The monoisotopic (exact) mass is 321 g/mol. The van der Waals surface area contributed by atoms with E-state index < -0.39 is 6.10 Å². The maximum absolute atomic E-state index is 12.9. The Balaban J connectivity index is 1.84. The molecule has 0 N–H and O–H groups in total. The lowest BCUT2D eigenvalue weighted by molar-refractivity contribution is -0.159. The molecule has 0 radical (unpaired) electrons. The van der Waals surface area contributed by atoms with E-state index >= 15 is 0 Å². The molecule has 0 saturated carbocycles. The average molecular weight is 322 g/mol. The van der Waals surface area contributed by atoms with Crippen LogP contribution in [0.4, 0.5) is 0 Å². The van der Waals surface area contributed by atoms with E-state index in [1.54, 1.807) is 4.90 Å². The number of carbonyl (C=O) groups excluding carboxylic acids is 1. The highest BCUT2D eigenvalue weighted by Crippen LogP contribution is 2.36. The molecule has 2 aliphatic rings. The number of carbonyl (C=O) groups is 1. The predicted molar refractivity (Wildman–Crippen MR) is 84.8 cm³/mol. The van der Waals surface area contributed by atoms with Crippen LogP contribution in [0.3, 0.4) is 0 Å². The molecule has 1 fully saturated rings. The van der Waals surface area contributed by atoms with Crippen molar-refractivity contribution in [2.75, 3.05) is 26.4 Å². The molecule has 2 atom stereocenters. The third-order valence-corrected chi connectivity index (χ3v) is 4.31. The molecule has 0 aromatic heterocycles. The van der Waals surface area contributed by atoms with Crippen molar-refractivity contribution in [2.24, 2.45) is 0 Å². The Morgan fingerprint density at radius 1 is 1.36 bits per heavy atom. The summed E-state index contributed by atoms with van der Waals surface area (Å²) in [6.07, 6.45) is 1.34. The molecule has 0 spiro atoms. The number of hydrogen-bond donors (Lipinski definition) is 0. The Kier molecular flexibility index (Phi) is 4.81. The largest absolute Gasteiger partial charge is 0.376 e. The van der Waals surface area contributed by atoms with Gasteiger partial charge in [0.05, 0.1) is 32.4 Å². The zero-order valence-electron chi connectivity index (χ0n) is 12.5. The van der Waals surface area contributed by atoms with E-state index in [0.717, 1.165) is 12.8 Å². The molecule has 0 bridgehead atoms. The Labute approximate surface area is 135 Å². The zero-order chi connectivity index (χ0) is 15.5. The van der Waals surface area contributed by atoms with E-state index in [4.69, 9.17) is 21.1 Å². The summed E-state index contributed by atoms with van der Waals surface area (Å²) >= 11 is 6.00. The van der Waals surface area contributed by atoms with Crippen molar-refractivity contribution in [3.05, 3.63) is 47.0 Å². The highest BCUT2D eigenvalue weighted by molar-refractivity contribution is 6.29. The summed E-state index contributed by atoms with van der Waals surface area (Å²) in [7, 11) is 0. The predicted octanol–water partition coefficient (Wildman–Crippen LogP) is 2.67. The first kappa shape index (κ1) is 15.5. The molecule has 3 rings (SSSR count). The van der Waals surface area contributed by atoms with Crippen molar-refractivity contribution in [3.8, 4) is 0 Å². The maximum Gasteiger partial charge on any atom is 0.254 e. The fraction of sp³-hybridized carbons (Fsp3) is 0.471. The van der Waals surface area contributed by atoms with Crippen LogP contribution < -0.4 is 0 Å². The molecule has 1 heterocycles. The molecule has 5 heteroatoms.